The lowest BCUT2D eigenvalue weighted by Gasteiger charge is -2.43. The molecule has 98 valence electrons. The molecule has 3 rings (SSSR count). The minimum atomic E-state index is 0.188. The van der Waals surface area contributed by atoms with Crippen molar-refractivity contribution < 1.29 is 9.47 Å². The average Bonchev–Trinajstić information content (AvgIpc) is 2.83. The van der Waals surface area contributed by atoms with Gasteiger partial charge in [-0.2, -0.15) is 0 Å². The van der Waals surface area contributed by atoms with Crippen LogP contribution in [0.5, 0.6) is 0 Å². The number of hydrogen-bond acceptors (Lipinski definition) is 3. The van der Waals surface area contributed by atoms with Gasteiger partial charge in [0.25, 0.3) is 0 Å². The standard InChI is InChI=1S/C14H25NO2/c1-2-6-14(7-3-1)10-12(5-9-16-14)17-13-4-8-15-11-13/h12-13,15H,1-11H2. The first-order valence-corrected chi connectivity index (χ1v) is 7.36. The third-order valence-electron chi connectivity index (χ3n) is 4.61. The lowest BCUT2D eigenvalue weighted by atomic mass is 9.79. The van der Waals surface area contributed by atoms with Crippen LogP contribution in [0.4, 0.5) is 0 Å². The molecule has 0 amide bonds. The summed E-state index contributed by atoms with van der Waals surface area (Å²) < 4.78 is 12.3. The molecule has 1 spiro atoms. The van der Waals surface area contributed by atoms with Crippen LogP contribution < -0.4 is 5.32 Å². The van der Waals surface area contributed by atoms with E-state index in [0.717, 1.165) is 32.5 Å². The first-order valence-electron chi connectivity index (χ1n) is 7.36. The Hall–Kier alpha value is -0.120. The van der Waals surface area contributed by atoms with Crippen LogP contribution in [0.15, 0.2) is 0 Å². The van der Waals surface area contributed by atoms with E-state index in [9.17, 15) is 0 Å². The Morgan fingerprint density at radius 3 is 2.71 bits per heavy atom. The Morgan fingerprint density at radius 1 is 1.06 bits per heavy atom. The van der Waals surface area contributed by atoms with Gasteiger partial charge in [-0.1, -0.05) is 19.3 Å². The van der Waals surface area contributed by atoms with Crippen LogP contribution >= 0.6 is 0 Å². The van der Waals surface area contributed by atoms with Crippen LogP contribution in [-0.4, -0.2) is 37.5 Å². The molecule has 1 aliphatic carbocycles. The number of rotatable bonds is 2. The zero-order valence-electron chi connectivity index (χ0n) is 10.7. The van der Waals surface area contributed by atoms with Gasteiger partial charge in [0.15, 0.2) is 0 Å². The molecule has 3 nitrogen and oxygen atoms in total. The van der Waals surface area contributed by atoms with E-state index in [4.69, 9.17) is 9.47 Å². The van der Waals surface area contributed by atoms with E-state index in [-0.39, 0.29) is 5.60 Å². The molecule has 0 aromatic carbocycles. The Morgan fingerprint density at radius 2 is 1.94 bits per heavy atom. The zero-order valence-corrected chi connectivity index (χ0v) is 10.7. The molecule has 1 saturated carbocycles. The second kappa shape index (κ2) is 5.25. The van der Waals surface area contributed by atoms with Crippen molar-refractivity contribution in [1.82, 2.24) is 5.32 Å². The highest BCUT2D eigenvalue weighted by atomic mass is 16.5. The molecule has 2 atom stereocenters. The molecular formula is C14H25NO2. The minimum Gasteiger partial charge on any atom is -0.375 e. The van der Waals surface area contributed by atoms with E-state index in [2.05, 4.69) is 5.32 Å². The van der Waals surface area contributed by atoms with Gasteiger partial charge in [0.2, 0.25) is 0 Å². The molecule has 0 aromatic heterocycles. The molecule has 2 heterocycles. The first kappa shape index (κ1) is 11.9. The van der Waals surface area contributed by atoms with Crippen molar-refractivity contribution in [3.05, 3.63) is 0 Å². The summed E-state index contributed by atoms with van der Waals surface area (Å²) in [5.74, 6) is 0. The minimum absolute atomic E-state index is 0.188. The molecule has 3 aliphatic rings. The van der Waals surface area contributed by atoms with E-state index in [1.54, 1.807) is 0 Å². The molecule has 2 aliphatic heterocycles. The molecule has 0 radical (unpaired) electrons. The summed E-state index contributed by atoms with van der Waals surface area (Å²) in [5.41, 5.74) is 0.188. The molecule has 2 unspecified atom stereocenters. The van der Waals surface area contributed by atoms with Crippen LogP contribution in [0.25, 0.3) is 0 Å². The zero-order chi connectivity index (χ0) is 11.6. The fourth-order valence-corrected chi connectivity index (χ4v) is 3.66. The molecule has 0 aromatic rings. The summed E-state index contributed by atoms with van der Waals surface area (Å²) in [7, 11) is 0. The van der Waals surface area contributed by atoms with Crippen molar-refractivity contribution >= 4 is 0 Å². The van der Waals surface area contributed by atoms with Crippen molar-refractivity contribution in [3.8, 4) is 0 Å². The van der Waals surface area contributed by atoms with E-state index in [0.29, 0.717) is 12.2 Å². The summed E-state index contributed by atoms with van der Waals surface area (Å²) in [6, 6.07) is 0. The Labute approximate surface area is 104 Å². The summed E-state index contributed by atoms with van der Waals surface area (Å²) >= 11 is 0. The third kappa shape index (κ3) is 2.83. The summed E-state index contributed by atoms with van der Waals surface area (Å²) in [6.07, 6.45) is 10.9. The molecule has 2 saturated heterocycles. The quantitative estimate of drug-likeness (QED) is 0.801. The Kier molecular flexibility index (Phi) is 3.69. The lowest BCUT2D eigenvalue weighted by Crippen LogP contribution is -2.45. The Bertz CT molecular complexity index is 239. The number of ether oxygens (including phenoxy) is 2. The van der Waals surface area contributed by atoms with Crippen molar-refractivity contribution in [3.63, 3.8) is 0 Å². The maximum atomic E-state index is 6.24. The Balaban J connectivity index is 1.55. The normalized spacial score (nSPS) is 37.4. The molecule has 1 N–H and O–H groups in total. The second-order valence-electron chi connectivity index (χ2n) is 5.96. The fourth-order valence-electron chi connectivity index (χ4n) is 3.66. The van der Waals surface area contributed by atoms with Crippen LogP contribution in [0, 0.1) is 0 Å². The summed E-state index contributed by atoms with van der Waals surface area (Å²) in [5, 5.41) is 3.38. The highest BCUT2D eigenvalue weighted by Crippen LogP contribution is 2.39. The van der Waals surface area contributed by atoms with E-state index in [1.165, 1.54) is 38.5 Å². The topological polar surface area (TPSA) is 30.5 Å². The summed E-state index contributed by atoms with van der Waals surface area (Å²) in [6.45, 7) is 3.08. The van der Waals surface area contributed by atoms with Gasteiger partial charge in [0.1, 0.15) is 0 Å². The van der Waals surface area contributed by atoms with Crippen LogP contribution in [-0.2, 0) is 9.47 Å². The maximum absolute atomic E-state index is 6.24. The molecule has 0 bridgehead atoms. The first-order chi connectivity index (χ1) is 8.36. The van der Waals surface area contributed by atoms with Gasteiger partial charge in [0, 0.05) is 19.6 Å². The van der Waals surface area contributed by atoms with Gasteiger partial charge in [-0.3, -0.25) is 0 Å². The molecule has 3 fully saturated rings. The van der Waals surface area contributed by atoms with Gasteiger partial charge in [-0.05, 0) is 32.2 Å². The van der Waals surface area contributed by atoms with Crippen molar-refractivity contribution in [1.29, 1.82) is 0 Å². The largest absolute Gasteiger partial charge is 0.375 e. The smallest absolute Gasteiger partial charge is 0.0715 e. The van der Waals surface area contributed by atoms with Crippen molar-refractivity contribution in [2.75, 3.05) is 19.7 Å². The highest BCUT2D eigenvalue weighted by molar-refractivity contribution is 4.90. The summed E-state index contributed by atoms with van der Waals surface area (Å²) in [4.78, 5) is 0. The van der Waals surface area contributed by atoms with Gasteiger partial charge >= 0.3 is 0 Å². The van der Waals surface area contributed by atoms with E-state index < -0.39 is 0 Å². The van der Waals surface area contributed by atoms with Crippen LogP contribution in [0.3, 0.4) is 0 Å². The van der Waals surface area contributed by atoms with Gasteiger partial charge in [-0.25, -0.2) is 0 Å². The average molecular weight is 239 g/mol. The van der Waals surface area contributed by atoms with Crippen LogP contribution in [0.2, 0.25) is 0 Å². The molecular weight excluding hydrogens is 214 g/mol. The molecule has 3 heteroatoms. The second-order valence-corrected chi connectivity index (χ2v) is 5.96. The van der Waals surface area contributed by atoms with Gasteiger partial charge in [0.05, 0.1) is 17.8 Å². The SMILES string of the molecule is C1CCC2(CC1)CC(OC1CCNC1)CCO2. The third-order valence-corrected chi connectivity index (χ3v) is 4.61. The predicted molar refractivity (Wildman–Crippen MR) is 67.1 cm³/mol. The number of hydrogen-bond donors (Lipinski definition) is 1. The monoisotopic (exact) mass is 239 g/mol. The number of nitrogens with one attached hydrogen (secondary N) is 1. The van der Waals surface area contributed by atoms with Crippen molar-refractivity contribution in [2.45, 2.75) is 69.2 Å². The fraction of sp³-hybridized carbons (Fsp3) is 1.00. The predicted octanol–water partition coefficient (Wildman–Crippen LogP) is 2.25. The van der Waals surface area contributed by atoms with Crippen LogP contribution in [0.1, 0.15) is 51.4 Å². The molecule has 17 heavy (non-hydrogen) atoms. The van der Waals surface area contributed by atoms with E-state index >= 15 is 0 Å². The maximum Gasteiger partial charge on any atom is 0.0715 e. The highest BCUT2D eigenvalue weighted by Gasteiger charge is 2.39. The van der Waals surface area contributed by atoms with Gasteiger partial charge < -0.3 is 14.8 Å². The van der Waals surface area contributed by atoms with Gasteiger partial charge in [-0.15, -0.1) is 0 Å². The van der Waals surface area contributed by atoms with E-state index in [1.807, 2.05) is 0 Å². The van der Waals surface area contributed by atoms with Crippen molar-refractivity contribution in [2.24, 2.45) is 0 Å². The lowest BCUT2D eigenvalue weighted by molar-refractivity contribution is -0.158.